The summed E-state index contributed by atoms with van der Waals surface area (Å²) in [5.74, 6) is 1.11. The van der Waals surface area contributed by atoms with E-state index in [0.29, 0.717) is 23.0 Å². The van der Waals surface area contributed by atoms with E-state index in [0.717, 1.165) is 23.3 Å². The second kappa shape index (κ2) is 12.0. The highest BCUT2D eigenvalue weighted by atomic mass is 127. The Morgan fingerprint density at radius 1 is 1.10 bits per heavy atom. The third-order valence-electron chi connectivity index (χ3n) is 4.20. The number of guanidine groups is 1. The second-order valence-electron chi connectivity index (χ2n) is 6.46. The summed E-state index contributed by atoms with van der Waals surface area (Å²) in [6.45, 7) is 4.70. The largest absolute Gasteiger partial charge is 0.497 e. The zero-order chi connectivity index (χ0) is 20.6. The average Bonchev–Trinajstić information content (AvgIpc) is 2.67. The van der Waals surface area contributed by atoms with E-state index < -0.39 is 10.0 Å². The summed E-state index contributed by atoms with van der Waals surface area (Å²) in [6.07, 6.45) is 0.791. The van der Waals surface area contributed by atoms with E-state index in [9.17, 15) is 8.42 Å². The Morgan fingerprint density at radius 3 is 2.45 bits per heavy atom. The molecule has 0 unspecified atom stereocenters. The maximum Gasteiger partial charge on any atom is 0.240 e. The average molecular weight is 532 g/mol. The summed E-state index contributed by atoms with van der Waals surface area (Å²) in [6, 6.07) is 13.2. The lowest BCUT2D eigenvalue weighted by Gasteiger charge is -2.10. The first-order valence-electron chi connectivity index (χ1n) is 9.05. The lowest BCUT2D eigenvalue weighted by atomic mass is 10.1. The van der Waals surface area contributed by atoms with Gasteiger partial charge in [-0.15, -0.1) is 24.0 Å². The van der Waals surface area contributed by atoms with Crippen molar-refractivity contribution in [2.45, 2.75) is 25.2 Å². The van der Waals surface area contributed by atoms with Gasteiger partial charge >= 0.3 is 0 Å². The van der Waals surface area contributed by atoms with Crippen molar-refractivity contribution in [2.24, 2.45) is 10.7 Å². The minimum absolute atomic E-state index is 0. The van der Waals surface area contributed by atoms with E-state index in [1.165, 1.54) is 0 Å². The lowest BCUT2D eigenvalue weighted by Crippen LogP contribution is -2.34. The van der Waals surface area contributed by atoms with Gasteiger partial charge in [-0.05, 0) is 55.2 Å². The number of methoxy groups -OCH3 is 1. The van der Waals surface area contributed by atoms with E-state index in [-0.39, 0.29) is 37.1 Å². The molecule has 160 valence electrons. The van der Waals surface area contributed by atoms with Crippen LogP contribution in [0.4, 0.5) is 0 Å². The molecule has 0 aliphatic carbocycles. The molecule has 0 aromatic heterocycles. The van der Waals surface area contributed by atoms with Gasteiger partial charge in [-0.2, -0.15) is 0 Å². The van der Waals surface area contributed by atoms with Crippen LogP contribution in [0.5, 0.6) is 5.75 Å². The van der Waals surface area contributed by atoms with E-state index in [4.69, 9.17) is 10.5 Å². The van der Waals surface area contributed by atoms with Gasteiger partial charge in [-0.25, -0.2) is 13.1 Å². The van der Waals surface area contributed by atoms with E-state index in [1.54, 1.807) is 26.2 Å². The number of hydrogen-bond donors (Lipinski definition) is 3. The maximum atomic E-state index is 12.4. The smallest absolute Gasteiger partial charge is 0.240 e. The predicted molar refractivity (Wildman–Crippen MR) is 128 cm³/mol. The van der Waals surface area contributed by atoms with Crippen LogP contribution in [0.1, 0.15) is 16.7 Å². The van der Waals surface area contributed by atoms with Gasteiger partial charge < -0.3 is 15.8 Å². The van der Waals surface area contributed by atoms with Crippen molar-refractivity contribution in [3.8, 4) is 5.75 Å². The standard InChI is InChI=1S/C20H28N4O3S.HI/c1-15-4-5-16(2)19(14-15)28(25,26)24-13-12-23-20(21)22-11-10-17-6-8-18(27-3)9-7-17;/h4-9,14,24H,10-13H2,1-3H3,(H3,21,22,23);1H. The molecule has 7 nitrogen and oxygen atoms in total. The molecule has 0 heterocycles. The third kappa shape index (κ3) is 8.19. The predicted octanol–water partition coefficient (Wildman–Crippen LogP) is 2.36. The maximum absolute atomic E-state index is 12.4. The number of aryl methyl sites for hydroxylation is 2. The van der Waals surface area contributed by atoms with Gasteiger partial charge in [0.2, 0.25) is 10.0 Å². The second-order valence-corrected chi connectivity index (χ2v) is 8.19. The highest BCUT2D eigenvalue weighted by Gasteiger charge is 2.16. The minimum atomic E-state index is -3.56. The molecule has 2 rings (SSSR count). The highest BCUT2D eigenvalue weighted by molar-refractivity contribution is 14.0. The summed E-state index contributed by atoms with van der Waals surface area (Å²) in [5, 5.41) is 3.02. The number of nitrogens with one attached hydrogen (secondary N) is 2. The summed E-state index contributed by atoms with van der Waals surface area (Å²) in [7, 11) is -1.93. The van der Waals surface area contributed by atoms with Crippen LogP contribution in [-0.4, -0.2) is 41.1 Å². The number of hydrogen-bond acceptors (Lipinski definition) is 4. The molecule has 0 atom stereocenters. The monoisotopic (exact) mass is 532 g/mol. The minimum Gasteiger partial charge on any atom is -0.497 e. The Morgan fingerprint density at radius 2 is 1.79 bits per heavy atom. The van der Waals surface area contributed by atoms with Crippen LogP contribution in [0.25, 0.3) is 0 Å². The molecule has 0 saturated carbocycles. The number of rotatable bonds is 9. The van der Waals surface area contributed by atoms with Crippen molar-refractivity contribution in [2.75, 3.05) is 26.7 Å². The van der Waals surface area contributed by atoms with Crippen molar-refractivity contribution in [1.29, 1.82) is 0 Å². The molecule has 0 saturated heterocycles. The molecule has 4 N–H and O–H groups in total. The molecule has 0 radical (unpaired) electrons. The fourth-order valence-electron chi connectivity index (χ4n) is 2.61. The molecule has 29 heavy (non-hydrogen) atoms. The van der Waals surface area contributed by atoms with Crippen molar-refractivity contribution in [1.82, 2.24) is 10.0 Å². The van der Waals surface area contributed by atoms with Gasteiger partial charge in [-0.1, -0.05) is 24.3 Å². The van der Waals surface area contributed by atoms with Crippen LogP contribution < -0.4 is 20.5 Å². The summed E-state index contributed by atoms with van der Waals surface area (Å²) < 4.78 is 32.5. The molecule has 0 aliphatic rings. The fourth-order valence-corrected chi connectivity index (χ4v) is 3.96. The van der Waals surface area contributed by atoms with Crippen molar-refractivity contribution >= 4 is 40.0 Å². The highest BCUT2D eigenvalue weighted by Crippen LogP contribution is 2.16. The molecule has 0 amide bonds. The zero-order valence-electron chi connectivity index (χ0n) is 16.9. The van der Waals surface area contributed by atoms with Crippen LogP contribution in [0, 0.1) is 13.8 Å². The van der Waals surface area contributed by atoms with Gasteiger partial charge in [0.05, 0.1) is 18.6 Å². The number of halogens is 1. The summed E-state index contributed by atoms with van der Waals surface area (Å²) in [5.41, 5.74) is 8.59. The number of aliphatic imine (C=N–C) groups is 1. The Bertz CT molecular complexity index is 916. The van der Waals surface area contributed by atoms with E-state index >= 15 is 0 Å². The van der Waals surface area contributed by atoms with E-state index in [1.807, 2.05) is 37.3 Å². The van der Waals surface area contributed by atoms with Crippen LogP contribution >= 0.6 is 24.0 Å². The molecular weight excluding hydrogens is 503 g/mol. The van der Waals surface area contributed by atoms with Gasteiger partial charge in [0.25, 0.3) is 0 Å². The topological polar surface area (TPSA) is 106 Å². The molecular formula is C20H29IN4O3S. The Hall–Kier alpha value is -1.85. The Balaban J connectivity index is 0.00000420. The molecule has 0 bridgehead atoms. The first kappa shape index (κ1) is 25.2. The molecule has 0 aliphatic heterocycles. The van der Waals surface area contributed by atoms with Gasteiger partial charge in [0, 0.05) is 13.1 Å². The third-order valence-corrected chi connectivity index (χ3v) is 5.80. The van der Waals surface area contributed by atoms with Crippen LogP contribution in [-0.2, 0) is 16.4 Å². The molecule has 0 fully saturated rings. The Kier molecular flexibility index (Phi) is 10.4. The zero-order valence-corrected chi connectivity index (χ0v) is 20.1. The Labute approximate surface area is 190 Å². The van der Waals surface area contributed by atoms with E-state index in [2.05, 4.69) is 15.0 Å². The van der Waals surface area contributed by atoms with Gasteiger partial charge in [-0.3, -0.25) is 4.99 Å². The fraction of sp³-hybridized carbons (Fsp3) is 0.350. The molecule has 0 spiro atoms. The SMILES string of the molecule is COc1ccc(CCNC(N)=NCCNS(=O)(=O)c2cc(C)ccc2C)cc1.I. The normalized spacial score (nSPS) is 11.6. The summed E-state index contributed by atoms with van der Waals surface area (Å²) in [4.78, 5) is 4.45. The van der Waals surface area contributed by atoms with Crippen LogP contribution in [0.3, 0.4) is 0 Å². The van der Waals surface area contributed by atoms with Crippen molar-refractivity contribution in [3.63, 3.8) is 0 Å². The van der Waals surface area contributed by atoms with Gasteiger partial charge in [0.15, 0.2) is 5.96 Å². The lowest BCUT2D eigenvalue weighted by molar-refractivity contribution is 0.414. The molecule has 9 heteroatoms. The van der Waals surface area contributed by atoms with Crippen molar-refractivity contribution in [3.05, 3.63) is 59.2 Å². The number of ether oxygens (including phenoxy) is 1. The number of nitrogens with two attached hydrogens (primary N) is 1. The quantitative estimate of drug-likeness (QED) is 0.199. The van der Waals surface area contributed by atoms with Gasteiger partial charge in [0.1, 0.15) is 5.75 Å². The molecule has 2 aromatic rings. The molecule has 2 aromatic carbocycles. The number of sulfonamides is 1. The summed E-state index contributed by atoms with van der Waals surface area (Å²) >= 11 is 0. The van der Waals surface area contributed by atoms with Crippen molar-refractivity contribution < 1.29 is 13.2 Å². The van der Waals surface area contributed by atoms with Crippen LogP contribution in [0.2, 0.25) is 0 Å². The number of benzene rings is 2. The van der Waals surface area contributed by atoms with Crippen LogP contribution in [0.15, 0.2) is 52.4 Å². The number of nitrogens with zero attached hydrogens (tertiary/aromatic N) is 1. The first-order chi connectivity index (χ1) is 13.3. The first-order valence-corrected chi connectivity index (χ1v) is 10.5.